The average molecular weight is 489 g/mol. The standard InChI is InChI=1S/C29H36N4O3/c1-36-27-9-5-4-8-26(27)33(29(35)23-11-10-22-12-15-30-25(22)18-23)20-28(34)31-19-21-13-16-32(17-14-21)24-6-2-3-7-24/h4-5,8-12,15,18,21,24,30H,2-3,6-7,13-14,16-17,19-20H2,1H3,(H,31,34). The number of hydrogen-bond donors (Lipinski definition) is 2. The minimum absolute atomic E-state index is 0.0666. The Balaban J connectivity index is 1.25. The zero-order valence-corrected chi connectivity index (χ0v) is 21.0. The number of likely N-dealkylation sites (tertiary alicyclic amines) is 1. The molecule has 1 saturated carbocycles. The molecule has 2 N–H and O–H groups in total. The molecule has 7 heteroatoms. The topological polar surface area (TPSA) is 77.7 Å². The number of nitrogens with zero attached hydrogens (tertiary/aromatic N) is 2. The third kappa shape index (κ3) is 5.41. The second kappa shape index (κ2) is 11.2. The fourth-order valence-electron chi connectivity index (χ4n) is 5.71. The maximum absolute atomic E-state index is 13.7. The summed E-state index contributed by atoms with van der Waals surface area (Å²) in [6, 6.07) is 15.6. The number of hydrogen-bond acceptors (Lipinski definition) is 4. The second-order valence-corrected chi connectivity index (χ2v) is 10.1. The van der Waals surface area contributed by atoms with Gasteiger partial charge in [0.15, 0.2) is 0 Å². The number of rotatable bonds is 8. The van der Waals surface area contributed by atoms with Gasteiger partial charge in [-0.25, -0.2) is 0 Å². The Morgan fingerprint density at radius 1 is 1.06 bits per heavy atom. The van der Waals surface area contributed by atoms with E-state index >= 15 is 0 Å². The number of benzene rings is 2. The molecule has 2 amide bonds. The van der Waals surface area contributed by atoms with E-state index in [0.717, 1.165) is 42.9 Å². The van der Waals surface area contributed by atoms with Gasteiger partial charge in [-0.15, -0.1) is 0 Å². The molecule has 0 spiro atoms. The zero-order chi connectivity index (χ0) is 24.9. The monoisotopic (exact) mass is 488 g/mol. The van der Waals surface area contributed by atoms with Gasteiger partial charge in [0.2, 0.25) is 5.91 Å². The highest BCUT2D eigenvalue weighted by Gasteiger charge is 2.28. The highest BCUT2D eigenvalue weighted by Crippen LogP contribution is 2.30. The molecule has 0 unspecified atom stereocenters. The van der Waals surface area contributed by atoms with Gasteiger partial charge in [0, 0.05) is 29.9 Å². The molecule has 2 aromatic carbocycles. The molecule has 2 aliphatic rings. The van der Waals surface area contributed by atoms with Gasteiger partial charge in [-0.3, -0.25) is 14.5 Å². The summed E-state index contributed by atoms with van der Waals surface area (Å²) in [6.07, 6.45) is 9.48. The van der Waals surface area contributed by atoms with E-state index < -0.39 is 0 Å². The van der Waals surface area contributed by atoms with E-state index in [1.165, 1.54) is 30.6 Å². The molecule has 7 nitrogen and oxygen atoms in total. The van der Waals surface area contributed by atoms with Crippen LogP contribution in [0.15, 0.2) is 54.7 Å². The molecule has 190 valence electrons. The van der Waals surface area contributed by atoms with Crippen LogP contribution in [-0.2, 0) is 4.79 Å². The van der Waals surface area contributed by atoms with Crippen LogP contribution in [0.2, 0.25) is 0 Å². The van der Waals surface area contributed by atoms with Crippen LogP contribution in [0.5, 0.6) is 5.75 Å². The number of amides is 2. The average Bonchev–Trinajstić information content (AvgIpc) is 3.63. The number of para-hydroxylation sites is 2. The van der Waals surface area contributed by atoms with Crippen LogP contribution in [0, 0.1) is 5.92 Å². The maximum atomic E-state index is 13.7. The number of piperidine rings is 1. The molecule has 0 bridgehead atoms. The van der Waals surface area contributed by atoms with Crippen molar-refractivity contribution in [3.8, 4) is 5.75 Å². The molecule has 1 aliphatic carbocycles. The van der Waals surface area contributed by atoms with Crippen molar-refractivity contribution in [3.63, 3.8) is 0 Å². The summed E-state index contributed by atoms with van der Waals surface area (Å²) in [5.41, 5.74) is 1.98. The number of methoxy groups -OCH3 is 1. The van der Waals surface area contributed by atoms with Crippen molar-refractivity contribution in [2.45, 2.75) is 44.6 Å². The van der Waals surface area contributed by atoms with Gasteiger partial charge < -0.3 is 19.9 Å². The Labute approximate surface area is 212 Å². The van der Waals surface area contributed by atoms with Gasteiger partial charge in [0.05, 0.1) is 12.8 Å². The van der Waals surface area contributed by atoms with Gasteiger partial charge in [0.1, 0.15) is 12.3 Å². The van der Waals surface area contributed by atoms with Gasteiger partial charge in [-0.2, -0.15) is 0 Å². The number of ether oxygens (including phenoxy) is 1. The van der Waals surface area contributed by atoms with Crippen LogP contribution >= 0.6 is 0 Å². The predicted octanol–water partition coefficient (Wildman–Crippen LogP) is 4.59. The lowest BCUT2D eigenvalue weighted by Gasteiger charge is -2.36. The summed E-state index contributed by atoms with van der Waals surface area (Å²) in [6.45, 7) is 2.83. The van der Waals surface area contributed by atoms with E-state index in [4.69, 9.17) is 4.74 Å². The third-order valence-electron chi connectivity index (χ3n) is 7.80. The Hall–Kier alpha value is -3.32. The largest absolute Gasteiger partial charge is 0.495 e. The number of aromatic nitrogens is 1. The first kappa shape index (κ1) is 24.4. The summed E-state index contributed by atoms with van der Waals surface area (Å²) in [4.78, 5) is 34.1. The molecule has 36 heavy (non-hydrogen) atoms. The van der Waals surface area contributed by atoms with Crippen molar-refractivity contribution in [3.05, 3.63) is 60.3 Å². The van der Waals surface area contributed by atoms with Crippen molar-refractivity contribution in [1.82, 2.24) is 15.2 Å². The minimum Gasteiger partial charge on any atom is -0.495 e. The third-order valence-corrected chi connectivity index (χ3v) is 7.80. The summed E-state index contributed by atoms with van der Waals surface area (Å²) < 4.78 is 5.52. The Kier molecular flexibility index (Phi) is 7.56. The molecule has 2 fully saturated rings. The van der Waals surface area contributed by atoms with E-state index in [2.05, 4.69) is 15.2 Å². The van der Waals surface area contributed by atoms with Gasteiger partial charge in [-0.1, -0.05) is 31.0 Å². The Morgan fingerprint density at radius 3 is 2.61 bits per heavy atom. The van der Waals surface area contributed by atoms with Crippen molar-refractivity contribution < 1.29 is 14.3 Å². The minimum atomic E-state index is -0.240. The zero-order valence-electron chi connectivity index (χ0n) is 21.0. The Bertz CT molecular complexity index is 1190. The lowest BCUT2D eigenvalue weighted by molar-refractivity contribution is -0.120. The lowest BCUT2D eigenvalue weighted by Crippen LogP contribution is -2.45. The van der Waals surface area contributed by atoms with E-state index in [1.54, 1.807) is 19.2 Å². The number of aromatic amines is 1. The first-order valence-corrected chi connectivity index (χ1v) is 13.1. The molecule has 1 aromatic heterocycles. The van der Waals surface area contributed by atoms with Crippen LogP contribution < -0.4 is 15.0 Å². The van der Waals surface area contributed by atoms with E-state index in [-0.39, 0.29) is 18.4 Å². The summed E-state index contributed by atoms with van der Waals surface area (Å²) in [7, 11) is 1.57. The first-order chi connectivity index (χ1) is 17.6. The Morgan fingerprint density at radius 2 is 1.83 bits per heavy atom. The summed E-state index contributed by atoms with van der Waals surface area (Å²) >= 11 is 0. The predicted molar refractivity (Wildman–Crippen MR) is 143 cm³/mol. The van der Waals surface area contributed by atoms with E-state index in [1.807, 2.05) is 42.6 Å². The number of carbonyl (C=O) groups excluding carboxylic acids is 2. The molecule has 1 saturated heterocycles. The number of carbonyl (C=O) groups is 2. The molecule has 0 radical (unpaired) electrons. The van der Waals surface area contributed by atoms with Crippen molar-refractivity contribution in [1.29, 1.82) is 0 Å². The summed E-state index contributed by atoms with van der Waals surface area (Å²) in [5, 5.41) is 4.14. The summed E-state index contributed by atoms with van der Waals surface area (Å²) in [5.74, 6) is 0.639. The first-order valence-electron chi connectivity index (χ1n) is 13.1. The molecule has 5 rings (SSSR count). The smallest absolute Gasteiger partial charge is 0.258 e. The van der Waals surface area contributed by atoms with Crippen molar-refractivity contribution in [2.75, 3.05) is 38.2 Å². The van der Waals surface area contributed by atoms with Gasteiger partial charge in [-0.05, 0) is 80.4 Å². The number of H-pyrrole nitrogens is 1. The van der Waals surface area contributed by atoms with Crippen LogP contribution in [0.4, 0.5) is 5.69 Å². The second-order valence-electron chi connectivity index (χ2n) is 10.1. The van der Waals surface area contributed by atoms with Crippen LogP contribution in [-0.4, -0.2) is 61.0 Å². The molecule has 0 atom stereocenters. The number of fused-ring (bicyclic) bond motifs is 1. The van der Waals surface area contributed by atoms with Crippen molar-refractivity contribution in [2.24, 2.45) is 5.92 Å². The molecule has 2 heterocycles. The van der Waals surface area contributed by atoms with Crippen molar-refractivity contribution >= 4 is 28.4 Å². The number of anilines is 1. The van der Waals surface area contributed by atoms with Crippen LogP contribution in [0.3, 0.4) is 0 Å². The molecular formula is C29H36N4O3. The van der Waals surface area contributed by atoms with E-state index in [9.17, 15) is 9.59 Å². The fraction of sp³-hybridized carbons (Fsp3) is 0.448. The number of nitrogens with one attached hydrogen (secondary N) is 2. The SMILES string of the molecule is COc1ccccc1N(CC(=O)NCC1CCN(C2CCCC2)CC1)C(=O)c1ccc2cc[nH]c2c1. The fourth-order valence-corrected chi connectivity index (χ4v) is 5.71. The normalized spacial score (nSPS) is 17.4. The van der Waals surface area contributed by atoms with Crippen LogP contribution in [0.1, 0.15) is 48.9 Å². The molecule has 1 aliphatic heterocycles. The highest BCUT2D eigenvalue weighted by molar-refractivity contribution is 6.10. The van der Waals surface area contributed by atoms with Crippen LogP contribution in [0.25, 0.3) is 10.9 Å². The van der Waals surface area contributed by atoms with E-state index in [0.29, 0.717) is 29.5 Å². The highest BCUT2D eigenvalue weighted by atomic mass is 16.5. The quantitative estimate of drug-likeness (QED) is 0.486. The van der Waals surface area contributed by atoms with Gasteiger partial charge in [0.25, 0.3) is 5.91 Å². The van der Waals surface area contributed by atoms with Gasteiger partial charge >= 0.3 is 0 Å². The maximum Gasteiger partial charge on any atom is 0.258 e. The molecular weight excluding hydrogens is 452 g/mol. The molecule has 3 aromatic rings. The lowest BCUT2D eigenvalue weighted by atomic mass is 9.95.